The van der Waals surface area contributed by atoms with E-state index in [-0.39, 0.29) is 15.4 Å². The van der Waals surface area contributed by atoms with E-state index in [0.29, 0.717) is 46.0 Å². The number of benzene rings is 2. The van der Waals surface area contributed by atoms with Gasteiger partial charge in [0.15, 0.2) is 15.5 Å². The highest BCUT2D eigenvalue weighted by Crippen LogP contribution is 2.40. The number of pyridine rings is 1. The fourth-order valence-electron chi connectivity index (χ4n) is 5.43. The van der Waals surface area contributed by atoms with E-state index < -0.39 is 25.5 Å². The third-order valence-corrected chi connectivity index (χ3v) is 11.4. The van der Waals surface area contributed by atoms with E-state index in [1.54, 1.807) is 18.3 Å². The number of sulfone groups is 1. The smallest absolute Gasteiger partial charge is 0.269 e. The summed E-state index contributed by atoms with van der Waals surface area (Å²) in [4.78, 5) is 13.5. The minimum absolute atomic E-state index is 0.0283. The molecule has 13 heteroatoms. The van der Waals surface area contributed by atoms with E-state index in [9.17, 15) is 21.9 Å². The molecule has 218 valence electrons. The van der Waals surface area contributed by atoms with Crippen LogP contribution in [0.5, 0.6) is 0 Å². The van der Waals surface area contributed by atoms with Crippen LogP contribution in [0.1, 0.15) is 23.4 Å². The summed E-state index contributed by atoms with van der Waals surface area (Å²) in [6, 6.07) is 15.4. The zero-order valence-corrected chi connectivity index (χ0v) is 25.5. The topological polar surface area (TPSA) is 137 Å². The normalized spacial score (nSPS) is 17.0. The largest absolute Gasteiger partial charge is 0.377 e. The van der Waals surface area contributed by atoms with Crippen LogP contribution in [0, 0.1) is 6.92 Å². The molecule has 1 aliphatic rings. The number of fused-ring (bicyclic) bond motifs is 2. The number of aromatic nitrogens is 5. The van der Waals surface area contributed by atoms with Gasteiger partial charge in [-0.05, 0) is 36.8 Å². The first-order valence-corrected chi connectivity index (χ1v) is 17.5. The van der Waals surface area contributed by atoms with Crippen molar-refractivity contribution >= 4 is 42.2 Å². The van der Waals surface area contributed by atoms with Gasteiger partial charge in [0, 0.05) is 65.9 Å². The second-order valence-corrected chi connectivity index (χ2v) is 15.3. The number of hydrogen-bond acceptors (Lipinski definition) is 9. The van der Waals surface area contributed by atoms with E-state index in [1.165, 1.54) is 41.9 Å². The Hall–Kier alpha value is -4.17. The molecule has 1 unspecified atom stereocenters. The molecule has 1 atom stereocenters. The van der Waals surface area contributed by atoms with Gasteiger partial charge in [-0.3, -0.25) is 0 Å². The predicted octanol–water partition coefficient (Wildman–Crippen LogP) is 4.61. The van der Waals surface area contributed by atoms with Crippen LogP contribution >= 0.6 is 11.3 Å². The highest BCUT2D eigenvalue weighted by molar-refractivity contribution is 7.90. The molecule has 1 N–H and O–H groups in total. The molecule has 0 spiro atoms. The molecule has 2 aromatic carbocycles. The van der Waals surface area contributed by atoms with Crippen LogP contribution in [0.15, 0.2) is 94.6 Å². The Morgan fingerprint density at radius 2 is 1.79 bits per heavy atom. The number of thiazole rings is 1. The summed E-state index contributed by atoms with van der Waals surface area (Å²) < 4.78 is 55.3. The highest BCUT2D eigenvalue weighted by atomic mass is 32.2. The molecular weight excluding hydrogens is 607 g/mol. The average molecular weight is 632 g/mol. The molecule has 0 saturated carbocycles. The van der Waals surface area contributed by atoms with E-state index in [2.05, 4.69) is 9.97 Å². The Kier molecular flexibility index (Phi) is 6.22. The SMILES string of the molecule is Cc1ccc(S(=O)(=O)n2cc(-c3nc(-c4cccc(C5(O)CCn6ccnc65)c4)cs3)c3cc(S(C)(=O)=O)cnc32)cc1. The van der Waals surface area contributed by atoms with Crippen LogP contribution < -0.4 is 0 Å². The maximum atomic E-state index is 13.7. The van der Waals surface area contributed by atoms with Crippen LogP contribution in [0.4, 0.5) is 0 Å². The van der Waals surface area contributed by atoms with Gasteiger partial charge in [0.25, 0.3) is 10.0 Å². The van der Waals surface area contributed by atoms with Gasteiger partial charge in [-0.2, -0.15) is 0 Å². The molecule has 0 aliphatic carbocycles. The average Bonchev–Trinajstić information content (AvgIpc) is 3.77. The van der Waals surface area contributed by atoms with Crippen LogP contribution in [0.3, 0.4) is 0 Å². The van der Waals surface area contributed by atoms with Crippen LogP contribution in [0.2, 0.25) is 0 Å². The minimum atomic E-state index is -4.06. The molecule has 0 saturated heterocycles. The van der Waals surface area contributed by atoms with Crippen molar-refractivity contribution in [3.8, 4) is 21.8 Å². The first kappa shape index (κ1) is 27.7. The molecular formula is C30H25N5O5S3. The first-order chi connectivity index (χ1) is 20.4. The molecule has 5 heterocycles. The molecule has 43 heavy (non-hydrogen) atoms. The lowest BCUT2D eigenvalue weighted by Gasteiger charge is -2.22. The van der Waals surface area contributed by atoms with E-state index in [0.717, 1.165) is 21.4 Å². The van der Waals surface area contributed by atoms with E-state index in [1.807, 2.05) is 47.3 Å². The van der Waals surface area contributed by atoms with Crippen LogP contribution in [-0.4, -0.2) is 51.7 Å². The predicted molar refractivity (Wildman–Crippen MR) is 163 cm³/mol. The molecule has 0 amide bonds. The van der Waals surface area contributed by atoms with Gasteiger partial charge in [0.1, 0.15) is 16.4 Å². The molecule has 10 nitrogen and oxygen atoms in total. The standard InChI is InChI=1S/C30H25N5O5S3/c1-19-6-8-22(9-7-19)43(39,40)35-17-25(24-15-23(42(2,37)38)16-32-27(24)35)28-33-26(18-41-28)20-4-3-5-21(14-20)30(36)10-12-34-13-11-31-29(30)34/h3-9,11,13-18,36H,10,12H2,1-2H3. The first-order valence-electron chi connectivity index (χ1n) is 13.3. The second kappa shape index (κ2) is 9.67. The Labute approximate surface area is 251 Å². The summed E-state index contributed by atoms with van der Waals surface area (Å²) in [5.74, 6) is 0.598. The van der Waals surface area contributed by atoms with Gasteiger partial charge in [-0.25, -0.2) is 35.8 Å². The fourth-order valence-corrected chi connectivity index (χ4v) is 8.18. The third kappa shape index (κ3) is 4.50. The summed E-state index contributed by atoms with van der Waals surface area (Å²) in [5, 5.41) is 14.2. The molecule has 6 aromatic rings. The minimum Gasteiger partial charge on any atom is -0.377 e. The molecule has 1 aliphatic heterocycles. The number of hydrogen-bond donors (Lipinski definition) is 1. The highest BCUT2D eigenvalue weighted by Gasteiger charge is 2.40. The fraction of sp³-hybridized carbons (Fsp3) is 0.167. The Morgan fingerprint density at radius 3 is 2.56 bits per heavy atom. The van der Waals surface area contributed by atoms with Gasteiger partial charge < -0.3 is 9.67 Å². The van der Waals surface area contributed by atoms with Crippen molar-refractivity contribution in [1.82, 2.24) is 23.5 Å². The van der Waals surface area contributed by atoms with Gasteiger partial charge in [0.05, 0.1) is 15.5 Å². The van der Waals surface area contributed by atoms with Crippen molar-refractivity contribution in [2.24, 2.45) is 0 Å². The summed E-state index contributed by atoms with van der Waals surface area (Å²) in [7, 11) is -7.68. The van der Waals surface area contributed by atoms with Gasteiger partial charge >= 0.3 is 0 Å². The van der Waals surface area contributed by atoms with Crippen molar-refractivity contribution < 1.29 is 21.9 Å². The molecule has 0 radical (unpaired) electrons. The summed E-state index contributed by atoms with van der Waals surface area (Å²) >= 11 is 1.30. The summed E-state index contributed by atoms with van der Waals surface area (Å²) in [5.41, 5.74) is 2.33. The maximum absolute atomic E-state index is 13.7. The number of nitrogens with zero attached hydrogens (tertiary/aromatic N) is 5. The number of rotatable bonds is 6. The van der Waals surface area contributed by atoms with Crippen molar-refractivity contribution in [2.75, 3.05) is 6.26 Å². The lowest BCUT2D eigenvalue weighted by molar-refractivity contribution is 0.0786. The molecule has 4 aromatic heterocycles. The quantitative estimate of drug-likeness (QED) is 0.281. The van der Waals surface area contributed by atoms with Gasteiger partial charge in [-0.1, -0.05) is 35.9 Å². The summed E-state index contributed by atoms with van der Waals surface area (Å²) in [6.07, 6.45) is 7.72. The Morgan fingerprint density at radius 1 is 1.00 bits per heavy atom. The van der Waals surface area contributed by atoms with Crippen molar-refractivity contribution in [3.63, 3.8) is 0 Å². The van der Waals surface area contributed by atoms with E-state index >= 15 is 0 Å². The van der Waals surface area contributed by atoms with Crippen molar-refractivity contribution in [3.05, 3.63) is 102 Å². The molecule has 7 rings (SSSR count). The number of aryl methyl sites for hydroxylation is 2. The van der Waals surface area contributed by atoms with Crippen LogP contribution in [-0.2, 0) is 32.0 Å². The lowest BCUT2D eigenvalue weighted by Crippen LogP contribution is -2.25. The lowest BCUT2D eigenvalue weighted by atomic mass is 9.90. The third-order valence-electron chi connectivity index (χ3n) is 7.76. The van der Waals surface area contributed by atoms with Crippen molar-refractivity contribution in [2.45, 2.75) is 35.3 Å². The zero-order chi connectivity index (χ0) is 30.1. The number of imidazole rings is 1. The molecule has 0 fully saturated rings. The summed E-state index contributed by atoms with van der Waals surface area (Å²) in [6.45, 7) is 2.53. The van der Waals surface area contributed by atoms with Gasteiger partial charge in [-0.15, -0.1) is 11.3 Å². The number of aliphatic hydroxyl groups is 1. The maximum Gasteiger partial charge on any atom is 0.269 e. The molecule has 0 bridgehead atoms. The zero-order valence-electron chi connectivity index (χ0n) is 23.0. The second-order valence-electron chi connectivity index (χ2n) is 10.6. The van der Waals surface area contributed by atoms with Gasteiger partial charge in [0.2, 0.25) is 0 Å². The monoisotopic (exact) mass is 631 g/mol. The van der Waals surface area contributed by atoms with E-state index in [4.69, 9.17) is 4.98 Å². The Bertz CT molecular complexity index is 2270. The Balaban J connectivity index is 1.35. The van der Waals surface area contributed by atoms with Crippen molar-refractivity contribution in [1.29, 1.82) is 0 Å². The van der Waals surface area contributed by atoms with Crippen LogP contribution in [0.25, 0.3) is 32.9 Å².